The molecule has 0 aromatic carbocycles. The van der Waals surface area contributed by atoms with Gasteiger partial charge in [0.1, 0.15) is 0 Å². The summed E-state index contributed by atoms with van der Waals surface area (Å²) in [6, 6.07) is 3.73. The Morgan fingerprint density at radius 3 is 2.67 bits per heavy atom. The Labute approximate surface area is 109 Å². The molecule has 3 rings (SSSR count). The van der Waals surface area contributed by atoms with E-state index in [2.05, 4.69) is 4.98 Å². The normalized spacial score (nSPS) is 16.0. The molecule has 18 heavy (non-hydrogen) atoms. The Kier molecular flexibility index (Phi) is 2.44. The molecule has 0 bridgehead atoms. The van der Waals surface area contributed by atoms with E-state index in [0.29, 0.717) is 11.3 Å². The standard InChI is InChI=1S/C12H9B3N2O/c13-12(14,15)17-4-3-8-5-10(7-1-2-7)16-6-9(8)11(17)18/h3-7H,1-2H2. The number of fused-ring (bicyclic) bond motifs is 1. The van der Waals surface area contributed by atoms with Crippen LogP contribution in [0.3, 0.4) is 0 Å². The zero-order valence-corrected chi connectivity index (χ0v) is 9.84. The third kappa shape index (κ3) is 1.90. The Hall–Kier alpha value is -1.45. The van der Waals surface area contributed by atoms with Gasteiger partial charge in [0.05, 0.1) is 28.9 Å². The zero-order chi connectivity index (χ0) is 12.9. The number of hydrogen-bond donors (Lipinski definition) is 0. The molecule has 2 heterocycles. The molecule has 0 unspecified atom stereocenters. The highest BCUT2D eigenvalue weighted by Gasteiger charge is 2.25. The highest BCUT2D eigenvalue weighted by molar-refractivity contribution is 6.56. The second-order valence-electron chi connectivity index (χ2n) is 4.85. The Morgan fingerprint density at radius 2 is 2.06 bits per heavy atom. The van der Waals surface area contributed by atoms with Crippen molar-refractivity contribution in [3.63, 3.8) is 0 Å². The predicted octanol–water partition coefficient (Wildman–Crippen LogP) is 0.347. The predicted molar refractivity (Wildman–Crippen MR) is 73.2 cm³/mol. The van der Waals surface area contributed by atoms with Crippen molar-refractivity contribution in [3.05, 3.63) is 40.6 Å². The minimum atomic E-state index is -1.69. The largest absolute Gasteiger partial charge is 0.335 e. The molecule has 2 aromatic rings. The quantitative estimate of drug-likeness (QED) is 0.697. The molecule has 1 aliphatic rings. The lowest BCUT2D eigenvalue weighted by atomic mass is 9.49. The zero-order valence-electron chi connectivity index (χ0n) is 9.84. The molecule has 6 radical (unpaired) electrons. The van der Waals surface area contributed by atoms with Crippen LogP contribution in [0.4, 0.5) is 0 Å². The summed E-state index contributed by atoms with van der Waals surface area (Å²) in [5.41, 5.74) is 0.717. The first-order valence-electron chi connectivity index (χ1n) is 5.85. The van der Waals surface area contributed by atoms with Gasteiger partial charge in [0.15, 0.2) is 0 Å². The fourth-order valence-corrected chi connectivity index (χ4v) is 2.06. The third-order valence-electron chi connectivity index (χ3n) is 3.22. The van der Waals surface area contributed by atoms with Gasteiger partial charge in [-0.25, -0.2) is 0 Å². The van der Waals surface area contributed by atoms with E-state index in [0.717, 1.165) is 15.6 Å². The third-order valence-corrected chi connectivity index (χ3v) is 3.22. The summed E-state index contributed by atoms with van der Waals surface area (Å²) in [7, 11) is 16.6. The SMILES string of the molecule is [B]C([B])([B])n1ccc2cc(C3CC3)ncc2c1=O. The van der Waals surface area contributed by atoms with E-state index >= 15 is 0 Å². The van der Waals surface area contributed by atoms with Gasteiger partial charge in [-0.15, -0.1) is 0 Å². The second-order valence-corrected chi connectivity index (χ2v) is 4.85. The van der Waals surface area contributed by atoms with E-state index in [-0.39, 0.29) is 5.56 Å². The Bertz CT molecular complexity index is 671. The van der Waals surface area contributed by atoms with Crippen LogP contribution in [0.1, 0.15) is 24.5 Å². The lowest BCUT2D eigenvalue weighted by Gasteiger charge is -2.24. The molecule has 0 amide bonds. The van der Waals surface area contributed by atoms with Crippen LogP contribution in [0, 0.1) is 0 Å². The molecule has 0 saturated heterocycles. The fourth-order valence-electron chi connectivity index (χ4n) is 2.06. The number of aromatic nitrogens is 2. The lowest BCUT2D eigenvalue weighted by Crippen LogP contribution is -2.42. The monoisotopic (exact) mass is 230 g/mol. The molecule has 0 aliphatic heterocycles. The molecule has 0 N–H and O–H groups in total. The van der Waals surface area contributed by atoms with Gasteiger partial charge in [0.2, 0.25) is 0 Å². The topological polar surface area (TPSA) is 34.9 Å². The molecular formula is C12H9B3N2O. The molecule has 3 nitrogen and oxygen atoms in total. The van der Waals surface area contributed by atoms with Crippen molar-refractivity contribution >= 4 is 34.3 Å². The number of rotatable bonds is 2. The van der Waals surface area contributed by atoms with Gasteiger partial charge >= 0.3 is 0 Å². The van der Waals surface area contributed by atoms with Crippen molar-refractivity contribution < 1.29 is 0 Å². The van der Waals surface area contributed by atoms with E-state index in [1.807, 2.05) is 6.07 Å². The molecule has 0 spiro atoms. The number of nitrogens with zero attached hydrogens (tertiary/aromatic N) is 2. The van der Waals surface area contributed by atoms with Crippen molar-refractivity contribution in [1.29, 1.82) is 0 Å². The Morgan fingerprint density at radius 1 is 1.33 bits per heavy atom. The molecule has 82 valence electrons. The summed E-state index contributed by atoms with van der Waals surface area (Å²) < 4.78 is 1.10. The van der Waals surface area contributed by atoms with Crippen LogP contribution < -0.4 is 5.56 Å². The van der Waals surface area contributed by atoms with E-state index in [9.17, 15) is 4.79 Å². The number of hydrogen-bond acceptors (Lipinski definition) is 2. The summed E-state index contributed by atoms with van der Waals surface area (Å²) in [5, 5.41) is -0.370. The first kappa shape index (κ1) is 11.6. The van der Waals surface area contributed by atoms with Crippen molar-refractivity contribution in [2.45, 2.75) is 24.0 Å². The van der Waals surface area contributed by atoms with Crippen molar-refractivity contribution in [3.8, 4) is 0 Å². The average Bonchev–Trinajstić information content (AvgIpc) is 3.11. The molecule has 6 heteroatoms. The van der Waals surface area contributed by atoms with Gasteiger partial charge in [0.25, 0.3) is 5.56 Å². The van der Waals surface area contributed by atoms with E-state index in [4.69, 9.17) is 23.5 Å². The van der Waals surface area contributed by atoms with Crippen molar-refractivity contribution in [2.75, 3.05) is 0 Å². The van der Waals surface area contributed by atoms with E-state index < -0.39 is 5.24 Å². The molecular weight excluding hydrogens is 221 g/mol. The van der Waals surface area contributed by atoms with Crippen LogP contribution in [-0.2, 0) is 5.24 Å². The summed E-state index contributed by atoms with van der Waals surface area (Å²) in [6.07, 6.45) is 5.44. The van der Waals surface area contributed by atoms with E-state index in [1.165, 1.54) is 19.0 Å². The minimum Gasteiger partial charge on any atom is -0.335 e. The van der Waals surface area contributed by atoms with Crippen LogP contribution >= 0.6 is 0 Å². The fraction of sp³-hybridized carbons (Fsp3) is 0.333. The minimum absolute atomic E-state index is 0.324. The maximum absolute atomic E-state index is 12.2. The summed E-state index contributed by atoms with van der Waals surface area (Å²) in [5.74, 6) is 0.550. The maximum Gasteiger partial charge on any atom is 0.258 e. The second kappa shape index (κ2) is 3.77. The number of pyridine rings is 2. The van der Waals surface area contributed by atoms with Gasteiger partial charge in [-0.2, -0.15) is 0 Å². The van der Waals surface area contributed by atoms with Crippen LogP contribution in [0.15, 0.2) is 29.3 Å². The van der Waals surface area contributed by atoms with Crippen LogP contribution in [0.25, 0.3) is 10.8 Å². The maximum atomic E-state index is 12.2. The first-order chi connectivity index (χ1) is 8.47. The van der Waals surface area contributed by atoms with Gasteiger partial charge in [-0.1, -0.05) is 5.24 Å². The first-order valence-corrected chi connectivity index (χ1v) is 5.85. The van der Waals surface area contributed by atoms with Crippen molar-refractivity contribution in [2.24, 2.45) is 0 Å². The Balaban J connectivity index is 2.21. The molecule has 1 aliphatic carbocycles. The van der Waals surface area contributed by atoms with Gasteiger partial charge in [-0.3, -0.25) is 9.78 Å². The van der Waals surface area contributed by atoms with Gasteiger partial charge in [0, 0.05) is 24.0 Å². The summed E-state index contributed by atoms with van der Waals surface area (Å²) in [4.78, 5) is 16.5. The summed E-state index contributed by atoms with van der Waals surface area (Å²) in [6.45, 7) is 0. The van der Waals surface area contributed by atoms with Gasteiger partial charge in [-0.05, 0) is 30.4 Å². The highest BCUT2D eigenvalue weighted by atomic mass is 16.1. The molecule has 0 atom stereocenters. The van der Waals surface area contributed by atoms with Gasteiger partial charge < -0.3 is 4.57 Å². The van der Waals surface area contributed by atoms with E-state index in [1.54, 1.807) is 12.3 Å². The highest BCUT2D eigenvalue weighted by Crippen LogP contribution is 2.39. The average molecular weight is 230 g/mol. The molecule has 1 saturated carbocycles. The smallest absolute Gasteiger partial charge is 0.258 e. The van der Waals surface area contributed by atoms with Crippen molar-refractivity contribution in [1.82, 2.24) is 9.55 Å². The summed E-state index contributed by atoms with van der Waals surface area (Å²) >= 11 is 0. The van der Waals surface area contributed by atoms with Crippen LogP contribution in [0.2, 0.25) is 0 Å². The lowest BCUT2D eigenvalue weighted by molar-refractivity contribution is 0.752. The van der Waals surface area contributed by atoms with Crippen LogP contribution in [0.5, 0.6) is 0 Å². The molecule has 2 aromatic heterocycles. The molecule has 1 fully saturated rings. The van der Waals surface area contributed by atoms with Crippen LogP contribution in [-0.4, -0.2) is 33.1 Å².